The lowest BCUT2D eigenvalue weighted by Gasteiger charge is -2.04. The molecule has 0 aliphatic carbocycles. The van der Waals surface area contributed by atoms with Crippen molar-refractivity contribution in [1.82, 2.24) is 9.55 Å². The summed E-state index contributed by atoms with van der Waals surface area (Å²) in [5.74, 6) is 1.02. The number of imidazole rings is 1. The van der Waals surface area contributed by atoms with Crippen LogP contribution in [0.15, 0.2) is 35.3 Å². The fraction of sp³-hybridized carbons (Fsp3) is 0.250. The van der Waals surface area contributed by atoms with Gasteiger partial charge >= 0.3 is 0 Å². The van der Waals surface area contributed by atoms with Crippen molar-refractivity contribution in [2.24, 2.45) is 5.73 Å². The number of halogens is 1. The van der Waals surface area contributed by atoms with Crippen LogP contribution in [0.5, 0.6) is 0 Å². The number of allylic oxidation sites excluding steroid dienone is 1. The number of nitrogens with zero attached hydrogens (tertiary/aromatic N) is 2. The van der Waals surface area contributed by atoms with Gasteiger partial charge in [-0.15, -0.1) is 6.58 Å². The summed E-state index contributed by atoms with van der Waals surface area (Å²) in [6.07, 6.45) is 2.67. The summed E-state index contributed by atoms with van der Waals surface area (Å²) in [7, 11) is 0. The van der Waals surface area contributed by atoms with Crippen molar-refractivity contribution < 1.29 is 0 Å². The van der Waals surface area contributed by atoms with Crippen LogP contribution < -0.4 is 5.73 Å². The molecule has 0 unspecified atom stereocenters. The number of aromatic nitrogens is 2. The van der Waals surface area contributed by atoms with Crippen molar-refractivity contribution in [3.8, 4) is 0 Å². The summed E-state index contributed by atoms with van der Waals surface area (Å²) < 4.78 is 3.20. The Hall–Kier alpha value is -1.13. The second-order valence-corrected chi connectivity index (χ2v) is 4.51. The molecule has 0 fully saturated rings. The van der Waals surface area contributed by atoms with Crippen LogP contribution in [-0.2, 0) is 13.0 Å². The van der Waals surface area contributed by atoms with Crippen molar-refractivity contribution >= 4 is 27.0 Å². The Kier molecular flexibility index (Phi) is 3.41. The monoisotopic (exact) mass is 279 g/mol. The van der Waals surface area contributed by atoms with Gasteiger partial charge in [-0.3, -0.25) is 0 Å². The van der Waals surface area contributed by atoms with E-state index in [1.165, 1.54) is 0 Å². The first-order valence-corrected chi connectivity index (χ1v) is 6.01. The highest BCUT2D eigenvalue weighted by Gasteiger charge is 2.08. The molecule has 0 aliphatic heterocycles. The Morgan fingerprint density at radius 3 is 3.00 bits per heavy atom. The molecule has 0 saturated heterocycles. The van der Waals surface area contributed by atoms with Crippen LogP contribution in [0.3, 0.4) is 0 Å². The van der Waals surface area contributed by atoms with Gasteiger partial charge in [0.2, 0.25) is 0 Å². The zero-order valence-corrected chi connectivity index (χ0v) is 10.6. The number of rotatable bonds is 4. The van der Waals surface area contributed by atoms with E-state index in [1.807, 2.05) is 18.2 Å². The predicted octanol–water partition coefficient (Wildman–Crippen LogP) is 2.49. The van der Waals surface area contributed by atoms with Gasteiger partial charge in [0, 0.05) is 17.4 Å². The Labute approximate surface area is 103 Å². The normalized spacial score (nSPS) is 10.9. The van der Waals surface area contributed by atoms with Crippen LogP contribution >= 0.6 is 15.9 Å². The maximum atomic E-state index is 5.59. The van der Waals surface area contributed by atoms with Crippen LogP contribution in [0.1, 0.15) is 5.82 Å². The molecule has 0 saturated carbocycles. The molecule has 84 valence electrons. The SMILES string of the molecule is C=CCn1c(CCN)nc2cc(Br)ccc21. The van der Waals surface area contributed by atoms with Crippen molar-refractivity contribution in [1.29, 1.82) is 0 Å². The van der Waals surface area contributed by atoms with Gasteiger partial charge < -0.3 is 10.3 Å². The third-order valence-electron chi connectivity index (χ3n) is 2.47. The highest BCUT2D eigenvalue weighted by Crippen LogP contribution is 2.21. The lowest BCUT2D eigenvalue weighted by atomic mass is 10.3. The molecule has 0 aliphatic rings. The maximum absolute atomic E-state index is 5.59. The first-order chi connectivity index (χ1) is 7.76. The molecule has 4 heteroatoms. The highest BCUT2D eigenvalue weighted by atomic mass is 79.9. The Morgan fingerprint density at radius 1 is 1.50 bits per heavy atom. The van der Waals surface area contributed by atoms with Crippen LogP contribution in [0.4, 0.5) is 0 Å². The molecule has 0 bridgehead atoms. The van der Waals surface area contributed by atoms with E-state index in [1.54, 1.807) is 0 Å². The predicted molar refractivity (Wildman–Crippen MR) is 70.4 cm³/mol. The molecule has 0 spiro atoms. The zero-order valence-electron chi connectivity index (χ0n) is 8.99. The topological polar surface area (TPSA) is 43.8 Å². The Morgan fingerprint density at radius 2 is 2.31 bits per heavy atom. The molecular formula is C12H14BrN3. The van der Waals surface area contributed by atoms with Crippen molar-refractivity contribution in [3.05, 3.63) is 41.2 Å². The molecule has 1 aromatic heterocycles. The maximum Gasteiger partial charge on any atom is 0.111 e. The molecule has 2 N–H and O–H groups in total. The largest absolute Gasteiger partial charge is 0.330 e. The fourth-order valence-corrected chi connectivity index (χ4v) is 2.15. The number of hydrogen-bond acceptors (Lipinski definition) is 2. The van der Waals surface area contributed by atoms with Gasteiger partial charge in [0.25, 0.3) is 0 Å². The van der Waals surface area contributed by atoms with Gasteiger partial charge in [0.15, 0.2) is 0 Å². The van der Waals surface area contributed by atoms with Crippen molar-refractivity contribution in [2.75, 3.05) is 6.54 Å². The van der Waals surface area contributed by atoms with E-state index in [4.69, 9.17) is 5.73 Å². The summed E-state index contributed by atoms with van der Waals surface area (Å²) in [4.78, 5) is 4.59. The first-order valence-electron chi connectivity index (χ1n) is 5.22. The van der Waals surface area contributed by atoms with Crippen molar-refractivity contribution in [2.45, 2.75) is 13.0 Å². The number of hydrogen-bond donors (Lipinski definition) is 1. The molecule has 0 atom stereocenters. The molecule has 1 heterocycles. The fourth-order valence-electron chi connectivity index (χ4n) is 1.81. The standard InChI is InChI=1S/C12H14BrN3/c1-2-7-16-11-4-3-9(13)8-10(11)15-12(16)5-6-14/h2-4,8H,1,5-7,14H2. The average molecular weight is 280 g/mol. The Bertz CT molecular complexity index is 516. The summed E-state index contributed by atoms with van der Waals surface area (Å²) in [6, 6.07) is 6.11. The second kappa shape index (κ2) is 4.80. The minimum Gasteiger partial charge on any atom is -0.330 e. The van der Waals surface area contributed by atoms with E-state index in [0.29, 0.717) is 6.54 Å². The molecule has 3 nitrogen and oxygen atoms in total. The number of fused-ring (bicyclic) bond motifs is 1. The van der Waals surface area contributed by atoms with Gasteiger partial charge in [-0.2, -0.15) is 0 Å². The minimum atomic E-state index is 0.613. The van der Waals surface area contributed by atoms with E-state index in [-0.39, 0.29) is 0 Å². The average Bonchev–Trinajstić information content (AvgIpc) is 2.57. The molecule has 16 heavy (non-hydrogen) atoms. The van der Waals surface area contributed by atoms with Gasteiger partial charge in [0.05, 0.1) is 11.0 Å². The summed E-state index contributed by atoms with van der Waals surface area (Å²) in [5, 5.41) is 0. The molecule has 2 rings (SSSR count). The van der Waals surface area contributed by atoms with Crippen LogP contribution in [0, 0.1) is 0 Å². The minimum absolute atomic E-state index is 0.613. The molecule has 0 amide bonds. The number of nitrogens with two attached hydrogens (primary N) is 1. The van der Waals surface area contributed by atoms with Crippen LogP contribution in [0.2, 0.25) is 0 Å². The molecule has 1 aromatic carbocycles. The number of benzene rings is 1. The third kappa shape index (κ3) is 2.03. The summed E-state index contributed by atoms with van der Waals surface area (Å²) in [5.41, 5.74) is 7.72. The van der Waals surface area contributed by atoms with Gasteiger partial charge in [-0.05, 0) is 24.7 Å². The van der Waals surface area contributed by atoms with Crippen LogP contribution in [-0.4, -0.2) is 16.1 Å². The van der Waals surface area contributed by atoms with E-state index in [2.05, 4.69) is 38.1 Å². The third-order valence-corrected chi connectivity index (χ3v) is 2.96. The zero-order chi connectivity index (χ0) is 11.5. The van der Waals surface area contributed by atoms with E-state index in [0.717, 1.165) is 34.3 Å². The lowest BCUT2D eigenvalue weighted by Crippen LogP contribution is -2.09. The summed E-state index contributed by atoms with van der Waals surface area (Å²) in [6.45, 7) is 5.16. The first kappa shape index (κ1) is 11.4. The highest BCUT2D eigenvalue weighted by molar-refractivity contribution is 9.10. The summed E-state index contributed by atoms with van der Waals surface area (Å²) >= 11 is 3.45. The second-order valence-electron chi connectivity index (χ2n) is 3.60. The van der Waals surface area contributed by atoms with Crippen LogP contribution in [0.25, 0.3) is 11.0 Å². The van der Waals surface area contributed by atoms with Gasteiger partial charge in [-0.25, -0.2) is 4.98 Å². The quantitative estimate of drug-likeness (QED) is 0.874. The molecule has 2 aromatic rings. The van der Waals surface area contributed by atoms with Crippen molar-refractivity contribution in [3.63, 3.8) is 0 Å². The lowest BCUT2D eigenvalue weighted by molar-refractivity contribution is 0.748. The molecule has 0 radical (unpaired) electrons. The Balaban J connectivity index is 2.60. The van der Waals surface area contributed by atoms with Gasteiger partial charge in [0.1, 0.15) is 5.82 Å². The molecular weight excluding hydrogens is 266 g/mol. The smallest absolute Gasteiger partial charge is 0.111 e. The van der Waals surface area contributed by atoms with Gasteiger partial charge in [-0.1, -0.05) is 22.0 Å². The van der Waals surface area contributed by atoms with E-state index < -0.39 is 0 Å². The van der Waals surface area contributed by atoms with E-state index >= 15 is 0 Å². The van der Waals surface area contributed by atoms with E-state index in [9.17, 15) is 0 Å².